The summed E-state index contributed by atoms with van der Waals surface area (Å²) in [7, 11) is 2.07. The number of hydrogen-bond acceptors (Lipinski definition) is 2. The third kappa shape index (κ3) is 6.31. The molecular formula is C25H35ClN2O2. The van der Waals surface area contributed by atoms with Crippen LogP contribution in [0, 0.1) is 0 Å². The lowest BCUT2D eigenvalue weighted by Gasteiger charge is -2.10. The number of aromatic nitrogens is 2. The molecule has 3 rings (SSSR count). The van der Waals surface area contributed by atoms with Crippen molar-refractivity contribution in [3.8, 4) is 0 Å². The third-order valence-corrected chi connectivity index (χ3v) is 5.66. The summed E-state index contributed by atoms with van der Waals surface area (Å²) in [5.41, 5.74) is 3.25. The largest absolute Gasteiger partial charge is 1.00 e. The quantitative estimate of drug-likeness (QED) is 0.353. The van der Waals surface area contributed by atoms with Gasteiger partial charge in [-0.1, -0.05) is 81.5 Å². The van der Waals surface area contributed by atoms with Crippen molar-refractivity contribution in [2.75, 3.05) is 6.61 Å². The van der Waals surface area contributed by atoms with Crippen LogP contribution in [0.25, 0.3) is 11.0 Å². The molecule has 5 heteroatoms. The van der Waals surface area contributed by atoms with Gasteiger partial charge in [-0.2, -0.15) is 0 Å². The van der Waals surface area contributed by atoms with E-state index in [4.69, 9.17) is 4.74 Å². The van der Waals surface area contributed by atoms with Crippen LogP contribution in [0.2, 0.25) is 0 Å². The first-order valence-corrected chi connectivity index (χ1v) is 11.0. The number of para-hydroxylation sites is 2. The van der Waals surface area contributed by atoms with E-state index in [1.54, 1.807) is 0 Å². The number of halogens is 1. The zero-order valence-electron chi connectivity index (χ0n) is 18.3. The highest BCUT2D eigenvalue weighted by Gasteiger charge is 2.25. The molecule has 2 aromatic carbocycles. The average Bonchev–Trinajstić information content (AvgIpc) is 3.02. The fourth-order valence-corrected chi connectivity index (χ4v) is 3.93. The summed E-state index contributed by atoms with van der Waals surface area (Å²) in [5.74, 6) is 1.07. The van der Waals surface area contributed by atoms with Crippen LogP contribution in [-0.4, -0.2) is 16.3 Å². The molecule has 1 atom stereocenters. The van der Waals surface area contributed by atoms with E-state index in [1.165, 1.54) is 32.1 Å². The van der Waals surface area contributed by atoms with Crippen LogP contribution in [0.5, 0.6) is 0 Å². The standard InChI is InChI=1S/C25H35N2O2.ClH/c1-3-4-5-6-7-13-18-29-20-27-23-17-12-11-16-22(23)26(2)25(27)19-24(28)21-14-9-8-10-15-21;/h8-12,14-17,24,28H,3-7,13,18-20H2,1-2H3;1H/q+1;/p-1. The molecule has 0 bridgehead atoms. The molecule has 1 aromatic heterocycles. The van der Waals surface area contributed by atoms with Gasteiger partial charge < -0.3 is 22.3 Å². The number of aliphatic hydroxyl groups excluding tert-OH is 1. The van der Waals surface area contributed by atoms with Crippen LogP contribution in [0.4, 0.5) is 0 Å². The minimum absolute atomic E-state index is 0. The van der Waals surface area contributed by atoms with Gasteiger partial charge in [0.25, 0.3) is 5.82 Å². The molecule has 0 aliphatic heterocycles. The van der Waals surface area contributed by atoms with E-state index < -0.39 is 6.10 Å². The van der Waals surface area contributed by atoms with Gasteiger partial charge in [0.05, 0.1) is 26.2 Å². The number of imidazole rings is 1. The Kier molecular flexibility index (Phi) is 10.4. The summed E-state index contributed by atoms with van der Waals surface area (Å²) in [6, 6.07) is 18.2. The number of nitrogens with zero attached hydrogens (tertiary/aromatic N) is 2. The van der Waals surface area contributed by atoms with Gasteiger partial charge in [-0.15, -0.1) is 0 Å². The van der Waals surface area contributed by atoms with Gasteiger partial charge >= 0.3 is 0 Å². The second kappa shape index (κ2) is 12.7. The van der Waals surface area contributed by atoms with Crippen molar-refractivity contribution in [2.45, 2.75) is 64.7 Å². The summed E-state index contributed by atoms with van der Waals surface area (Å²) in [6.07, 6.45) is 7.60. The Bertz CT molecular complexity index is 879. The van der Waals surface area contributed by atoms with Crippen LogP contribution in [0.15, 0.2) is 54.6 Å². The van der Waals surface area contributed by atoms with Crippen molar-refractivity contribution < 1.29 is 26.8 Å². The molecule has 0 fully saturated rings. The van der Waals surface area contributed by atoms with E-state index in [-0.39, 0.29) is 12.4 Å². The van der Waals surface area contributed by atoms with E-state index in [2.05, 4.69) is 47.4 Å². The molecule has 0 aliphatic rings. The zero-order chi connectivity index (χ0) is 20.5. The van der Waals surface area contributed by atoms with Gasteiger partial charge in [-0.05, 0) is 24.1 Å². The van der Waals surface area contributed by atoms with Crippen LogP contribution in [-0.2, 0) is 24.9 Å². The molecule has 1 unspecified atom stereocenters. The number of aryl methyl sites for hydroxylation is 1. The maximum absolute atomic E-state index is 10.8. The lowest BCUT2D eigenvalue weighted by Crippen LogP contribution is -3.00. The molecule has 164 valence electrons. The van der Waals surface area contributed by atoms with Crippen molar-refractivity contribution >= 4 is 11.0 Å². The molecule has 1 N–H and O–H groups in total. The van der Waals surface area contributed by atoms with Crippen LogP contribution < -0.4 is 17.0 Å². The Morgan fingerprint density at radius 1 is 0.933 bits per heavy atom. The number of rotatable bonds is 12. The first-order chi connectivity index (χ1) is 14.2. The normalized spacial score (nSPS) is 12.1. The SMILES string of the molecule is CCCCCCCCOCn1c(CC(O)c2ccccc2)[n+](C)c2ccccc21.[Cl-]. The van der Waals surface area contributed by atoms with E-state index in [9.17, 15) is 5.11 Å². The molecule has 30 heavy (non-hydrogen) atoms. The minimum atomic E-state index is -0.538. The van der Waals surface area contributed by atoms with Crippen molar-refractivity contribution in [1.29, 1.82) is 0 Å². The smallest absolute Gasteiger partial charge is 0.262 e. The van der Waals surface area contributed by atoms with Gasteiger partial charge in [0.1, 0.15) is 0 Å². The van der Waals surface area contributed by atoms with Crippen molar-refractivity contribution in [3.05, 3.63) is 66.0 Å². The molecule has 4 nitrogen and oxygen atoms in total. The molecular weight excluding hydrogens is 396 g/mol. The predicted octanol–water partition coefficient (Wildman–Crippen LogP) is 2.08. The topological polar surface area (TPSA) is 38.3 Å². The van der Waals surface area contributed by atoms with Crippen molar-refractivity contribution in [2.24, 2.45) is 7.05 Å². The fraction of sp³-hybridized carbons (Fsp3) is 0.480. The fourth-order valence-electron chi connectivity index (χ4n) is 3.93. The molecule has 0 spiro atoms. The maximum Gasteiger partial charge on any atom is 0.262 e. The molecule has 3 aromatic rings. The number of hydrogen-bond donors (Lipinski definition) is 1. The Morgan fingerprint density at radius 3 is 2.37 bits per heavy atom. The van der Waals surface area contributed by atoms with E-state index >= 15 is 0 Å². The molecule has 0 radical (unpaired) electrons. The van der Waals surface area contributed by atoms with Gasteiger partial charge in [0, 0.05) is 0 Å². The second-order valence-electron chi connectivity index (χ2n) is 7.83. The first kappa shape index (κ1) is 24.4. The summed E-state index contributed by atoms with van der Waals surface area (Å²) >= 11 is 0. The number of fused-ring (bicyclic) bond motifs is 1. The lowest BCUT2D eigenvalue weighted by molar-refractivity contribution is -0.654. The summed E-state index contributed by atoms with van der Waals surface area (Å²) < 4.78 is 10.4. The van der Waals surface area contributed by atoms with Crippen LogP contribution in [0.3, 0.4) is 0 Å². The van der Waals surface area contributed by atoms with Gasteiger partial charge in [-0.3, -0.25) is 0 Å². The highest BCUT2D eigenvalue weighted by molar-refractivity contribution is 5.72. The number of unbranched alkanes of at least 4 members (excludes halogenated alkanes) is 5. The summed E-state index contributed by atoms with van der Waals surface area (Å²) in [5, 5.41) is 10.8. The summed E-state index contributed by atoms with van der Waals surface area (Å²) in [6.45, 7) is 3.55. The van der Waals surface area contributed by atoms with E-state index in [0.29, 0.717) is 13.2 Å². The zero-order valence-corrected chi connectivity index (χ0v) is 19.0. The Labute approximate surface area is 186 Å². The molecule has 0 saturated carbocycles. The van der Waals surface area contributed by atoms with Crippen molar-refractivity contribution in [3.63, 3.8) is 0 Å². The molecule has 0 amide bonds. The second-order valence-corrected chi connectivity index (χ2v) is 7.83. The lowest BCUT2D eigenvalue weighted by atomic mass is 10.1. The minimum Gasteiger partial charge on any atom is -1.00 e. The van der Waals surface area contributed by atoms with E-state index in [1.807, 2.05) is 30.3 Å². The number of ether oxygens (including phenoxy) is 1. The van der Waals surface area contributed by atoms with Gasteiger partial charge in [0.2, 0.25) is 0 Å². The molecule has 0 aliphatic carbocycles. The molecule has 1 heterocycles. The van der Waals surface area contributed by atoms with Crippen LogP contribution >= 0.6 is 0 Å². The number of aliphatic hydroxyl groups is 1. The van der Waals surface area contributed by atoms with Crippen molar-refractivity contribution in [1.82, 2.24) is 4.57 Å². The highest BCUT2D eigenvalue weighted by atomic mass is 35.5. The molecule has 0 saturated heterocycles. The average molecular weight is 431 g/mol. The third-order valence-electron chi connectivity index (χ3n) is 5.66. The van der Waals surface area contributed by atoms with Gasteiger partial charge in [0.15, 0.2) is 17.8 Å². The Hall–Kier alpha value is -1.88. The van der Waals surface area contributed by atoms with E-state index in [0.717, 1.165) is 35.4 Å². The number of benzene rings is 2. The predicted molar refractivity (Wildman–Crippen MR) is 118 cm³/mol. The van der Waals surface area contributed by atoms with Crippen LogP contribution in [0.1, 0.15) is 62.9 Å². The Balaban J connectivity index is 0.00000320. The Morgan fingerprint density at radius 2 is 1.60 bits per heavy atom. The van der Waals surface area contributed by atoms with Gasteiger partial charge in [-0.25, -0.2) is 9.13 Å². The highest BCUT2D eigenvalue weighted by Crippen LogP contribution is 2.21. The maximum atomic E-state index is 10.8. The monoisotopic (exact) mass is 430 g/mol. The first-order valence-electron chi connectivity index (χ1n) is 11.0. The summed E-state index contributed by atoms with van der Waals surface area (Å²) in [4.78, 5) is 0.